The predicted octanol–water partition coefficient (Wildman–Crippen LogP) is 4.47. The Morgan fingerprint density at radius 3 is 2.50 bits per heavy atom. The molecule has 0 saturated heterocycles. The molecule has 0 bridgehead atoms. The second kappa shape index (κ2) is 8.15. The van der Waals surface area contributed by atoms with E-state index in [0.29, 0.717) is 18.9 Å². The van der Waals surface area contributed by atoms with E-state index in [1.165, 1.54) is 0 Å². The van der Waals surface area contributed by atoms with E-state index in [0.717, 1.165) is 12.0 Å². The molecule has 0 heterocycles. The van der Waals surface area contributed by atoms with E-state index in [4.69, 9.17) is 4.74 Å². The molecule has 0 aliphatic rings. The van der Waals surface area contributed by atoms with Crippen molar-refractivity contribution in [3.8, 4) is 5.75 Å². The van der Waals surface area contributed by atoms with Gasteiger partial charge in [0.15, 0.2) is 0 Å². The van der Waals surface area contributed by atoms with Crippen LogP contribution in [0.3, 0.4) is 0 Å². The second-order valence-electron chi connectivity index (χ2n) is 4.63. The lowest BCUT2D eigenvalue weighted by Crippen LogP contribution is -2.24. The number of hydrogen-bond acceptors (Lipinski definition) is 2. The fourth-order valence-electron chi connectivity index (χ4n) is 2.05. The first-order chi connectivity index (χ1) is 9.48. The maximum absolute atomic E-state index is 12.4. The monoisotopic (exact) mass is 289 g/mol. The quantitative estimate of drug-likeness (QED) is 0.762. The predicted molar refractivity (Wildman–Crippen MR) is 73.9 cm³/mol. The van der Waals surface area contributed by atoms with E-state index in [2.05, 4.69) is 5.32 Å². The SMILES string of the molecule is CCCNC(CCC(F)(F)F)c1ccccc1OCC. The summed E-state index contributed by atoms with van der Waals surface area (Å²) in [5.41, 5.74) is 0.798. The Hall–Kier alpha value is -1.23. The van der Waals surface area contributed by atoms with Crippen LogP contribution in [0.5, 0.6) is 5.75 Å². The Balaban J connectivity index is 2.85. The van der Waals surface area contributed by atoms with Crippen molar-refractivity contribution in [2.75, 3.05) is 13.2 Å². The van der Waals surface area contributed by atoms with Gasteiger partial charge in [-0.15, -0.1) is 0 Å². The first kappa shape index (κ1) is 16.8. The van der Waals surface area contributed by atoms with Crippen LogP contribution >= 0.6 is 0 Å². The van der Waals surface area contributed by atoms with Gasteiger partial charge in [0, 0.05) is 18.0 Å². The molecule has 0 spiro atoms. The van der Waals surface area contributed by atoms with Crippen molar-refractivity contribution in [2.45, 2.75) is 45.3 Å². The molecule has 0 radical (unpaired) electrons. The third-order valence-electron chi connectivity index (χ3n) is 2.95. The third kappa shape index (κ3) is 5.82. The van der Waals surface area contributed by atoms with Gasteiger partial charge < -0.3 is 10.1 Å². The highest BCUT2D eigenvalue weighted by atomic mass is 19.4. The van der Waals surface area contributed by atoms with Crippen molar-refractivity contribution in [3.05, 3.63) is 29.8 Å². The van der Waals surface area contributed by atoms with Crippen molar-refractivity contribution in [3.63, 3.8) is 0 Å². The first-order valence-electron chi connectivity index (χ1n) is 6.99. The van der Waals surface area contributed by atoms with Gasteiger partial charge in [-0.3, -0.25) is 0 Å². The topological polar surface area (TPSA) is 21.3 Å². The van der Waals surface area contributed by atoms with Crippen LogP contribution < -0.4 is 10.1 Å². The molecule has 0 aliphatic heterocycles. The summed E-state index contributed by atoms with van der Waals surface area (Å²) in [6.45, 7) is 5.03. The van der Waals surface area contributed by atoms with Crippen LogP contribution in [0.1, 0.15) is 44.7 Å². The molecule has 1 rings (SSSR count). The Kier molecular flexibility index (Phi) is 6.85. The van der Waals surface area contributed by atoms with Gasteiger partial charge in [0.25, 0.3) is 0 Å². The van der Waals surface area contributed by atoms with Crippen LogP contribution in [0.15, 0.2) is 24.3 Å². The van der Waals surface area contributed by atoms with Gasteiger partial charge >= 0.3 is 6.18 Å². The summed E-state index contributed by atoms with van der Waals surface area (Å²) in [4.78, 5) is 0. The summed E-state index contributed by atoms with van der Waals surface area (Å²) < 4.78 is 42.8. The molecule has 1 unspecified atom stereocenters. The van der Waals surface area contributed by atoms with Gasteiger partial charge in [0.2, 0.25) is 0 Å². The largest absolute Gasteiger partial charge is 0.494 e. The van der Waals surface area contributed by atoms with E-state index in [1.54, 1.807) is 6.07 Å². The molecule has 2 nitrogen and oxygen atoms in total. The van der Waals surface area contributed by atoms with Crippen LogP contribution in [0.25, 0.3) is 0 Å². The van der Waals surface area contributed by atoms with Crippen LogP contribution in [-0.2, 0) is 0 Å². The van der Waals surface area contributed by atoms with Gasteiger partial charge in [-0.1, -0.05) is 25.1 Å². The lowest BCUT2D eigenvalue weighted by molar-refractivity contribution is -0.136. The Morgan fingerprint density at radius 2 is 1.90 bits per heavy atom. The lowest BCUT2D eigenvalue weighted by Gasteiger charge is -2.22. The highest BCUT2D eigenvalue weighted by molar-refractivity contribution is 5.36. The molecule has 1 N–H and O–H groups in total. The number of halogens is 3. The maximum Gasteiger partial charge on any atom is 0.389 e. The van der Waals surface area contributed by atoms with Crippen LogP contribution in [0.2, 0.25) is 0 Å². The Labute approximate surface area is 118 Å². The van der Waals surface area contributed by atoms with E-state index in [1.807, 2.05) is 32.0 Å². The summed E-state index contributed by atoms with van der Waals surface area (Å²) in [6.07, 6.45) is -4.03. The molecular formula is C15H22F3NO. The van der Waals surface area contributed by atoms with Crippen LogP contribution in [0.4, 0.5) is 13.2 Å². The van der Waals surface area contributed by atoms with Crippen LogP contribution in [0, 0.1) is 0 Å². The minimum Gasteiger partial charge on any atom is -0.494 e. The minimum absolute atomic E-state index is 0.0214. The zero-order valence-corrected chi connectivity index (χ0v) is 12.0. The van der Waals surface area contributed by atoms with Crippen molar-refractivity contribution in [1.29, 1.82) is 0 Å². The van der Waals surface area contributed by atoms with E-state index in [-0.39, 0.29) is 12.5 Å². The molecule has 0 amide bonds. The molecule has 114 valence electrons. The standard InChI is InChI=1S/C15H22F3NO/c1-3-11-19-13(9-10-15(16,17)18)12-7-5-6-8-14(12)20-4-2/h5-8,13,19H,3-4,9-11H2,1-2H3. The van der Waals surface area contributed by atoms with Gasteiger partial charge in [-0.2, -0.15) is 13.2 Å². The van der Waals surface area contributed by atoms with Crippen molar-refractivity contribution in [1.82, 2.24) is 5.32 Å². The molecule has 5 heteroatoms. The average Bonchev–Trinajstić information content (AvgIpc) is 2.39. The maximum atomic E-state index is 12.4. The number of ether oxygens (including phenoxy) is 1. The molecule has 1 atom stereocenters. The summed E-state index contributed by atoms with van der Waals surface area (Å²) in [5, 5.41) is 3.18. The van der Waals surface area contributed by atoms with E-state index in [9.17, 15) is 13.2 Å². The highest BCUT2D eigenvalue weighted by Gasteiger charge is 2.29. The number of alkyl halides is 3. The molecular weight excluding hydrogens is 267 g/mol. The Morgan fingerprint density at radius 1 is 1.20 bits per heavy atom. The highest BCUT2D eigenvalue weighted by Crippen LogP contribution is 2.32. The number of para-hydroxylation sites is 1. The van der Waals surface area contributed by atoms with Crippen molar-refractivity contribution >= 4 is 0 Å². The number of nitrogens with one attached hydrogen (secondary N) is 1. The van der Waals surface area contributed by atoms with Crippen LogP contribution in [-0.4, -0.2) is 19.3 Å². The minimum atomic E-state index is -4.13. The lowest BCUT2D eigenvalue weighted by atomic mass is 10.0. The average molecular weight is 289 g/mol. The van der Waals surface area contributed by atoms with Crippen molar-refractivity contribution in [2.24, 2.45) is 0 Å². The van der Waals surface area contributed by atoms with E-state index < -0.39 is 12.6 Å². The molecule has 1 aromatic rings. The smallest absolute Gasteiger partial charge is 0.389 e. The number of benzene rings is 1. The summed E-state index contributed by atoms with van der Waals surface area (Å²) in [7, 11) is 0. The first-order valence-corrected chi connectivity index (χ1v) is 6.99. The van der Waals surface area contributed by atoms with Gasteiger partial charge in [-0.25, -0.2) is 0 Å². The normalized spacial score (nSPS) is 13.2. The molecule has 0 aromatic heterocycles. The zero-order valence-electron chi connectivity index (χ0n) is 12.0. The molecule has 0 fully saturated rings. The fraction of sp³-hybridized carbons (Fsp3) is 0.600. The third-order valence-corrected chi connectivity index (χ3v) is 2.95. The second-order valence-corrected chi connectivity index (χ2v) is 4.63. The Bertz CT molecular complexity index is 393. The van der Waals surface area contributed by atoms with Gasteiger partial charge in [-0.05, 0) is 32.4 Å². The van der Waals surface area contributed by atoms with Gasteiger partial charge in [0.05, 0.1) is 6.61 Å². The number of rotatable bonds is 8. The van der Waals surface area contributed by atoms with E-state index >= 15 is 0 Å². The number of hydrogen-bond donors (Lipinski definition) is 1. The fourth-order valence-corrected chi connectivity index (χ4v) is 2.05. The summed E-state index contributed by atoms with van der Waals surface area (Å²) in [5.74, 6) is 0.658. The molecule has 0 saturated carbocycles. The molecule has 20 heavy (non-hydrogen) atoms. The molecule has 1 aromatic carbocycles. The summed E-state index contributed by atoms with van der Waals surface area (Å²) in [6, 6.07) is 6.95. The zero-order chi connectivity index (χ0) is 15.0. The molecule has 0 aliphatic carbocycles. The summed E-state index contributed by atoms with van der Waals surface area (Å²) >= 11 is 0. The van der Waals surface area contributed by atoms with Crippen molar-refractivity contribution < 1.29 is 17.9 Å². The van der Waals surface area contributed by atoms with Gasteiger partial charge in [0.1, 0.15) is 5.75 Å².